The number of nitrogens with zero attached hydrogens (tertiary/aromatic N) is 4. The summed E-state index contributed by atoms with van der Waals surface area (Å²) in [7, 11) is 1.68. The molecule has 1 heterocycles. The first kappa shape index (κ1) is 15.1. The molecular weight excluding hydrogens is 322 g/mol. The van der Waals surface area contributed by atoms with Crippen LogP contribution in [0.5, 0.6) is 0 Å². The Kier molecular flexibility index (Phi) is 5.22. The molecule has 1 aromatic carbocycles. The fourth-order valence-electron chi connectivity index (χ4n) is 1.90. The molecule has 1 unspecified atom stereocenters. The van der Waals surface area contributed by atoms with Crippen LogP contribution in [0.2, 0.25) is 0 Å². The number of hydrogen-bond acceptors (Lipinski definition) is 5. The summed E-state index contributed by atoms with van der Waals surface area (Å²) < 4.78 is 7.78. The van der Waals surface area contributed by atoms with E-state index in [1.165, 1.54) is 0 Å². The fraction of sp³-hybridized carbons (Fsp3) is 0.462. The van der Waals surface area contributed by atoms with E-state index in [9.17, 15) is 0 Å². The molecule has 1 aromatic heterocycles. The molecule has 7 heteroatoms. The third-order valence-electron chi connectivity index (χ3n) is 3.04. The Morgan fingerprint density at radius 3 is 3.00 bits per heavy atom. The Morgan fingerprint density at radius 2 is 2.25 bits per heavy atom. The van der Waals surface area contributed by atoms with Gasteiger partial charge in [-0.3, -0.25) is 0 Å². The van der Waals surface area contributed by atoms with E-state index >= 15 is 0 Å². The highest BCUT2D eigenvalue weighted by atomic mass is 79.9. The summed E-state index contributed by atoms with van der Waals surface area (Å²) >= 11 is 3.59. The Labute approximate surface area is 126 Å². The van der Waals surface area contributed by atoms with Crippen LogP contribution in [0.1, 0.15) is 24.4 Å². The van der Waals surface area contributed by atoms with Gasteiger partial charge in [0.2, 0.25) is 0 Å². The molecule has 2 aromatic rings. The monoisotopic (exact) mass is 339 g/mol. The van der Waals surface area contributed by atoms with Crippen molar-refractivity contribution in [3.8, 4) is 5.69 Å². The van der Waals surface area contributed by atoms with Crippen LogP contribution in [0, 0.1) is 6.92 Å². The van der Waals surface area contributed by atoms with Crippen molar-refractivity contribution in [3.05, 3.63) is 34.1 Å². The molecule has 0 fully saturated rings. The van der Waals surface area contributed by atoms with Gasteiger partial charge in [-0.05, 0) is 51.8 Å². The Morgan fingerprint density at radius 1 is 1.45 bits per heavy atom. The van der Waals surface area contributed by atoms with Crippen LogP contribution in [-0.4, -0.2) is 40.5 Å². The minimum absolute atomic E-state index is 0.0348. The summed E-state index contributed by atoms with van der Waals surface area (Å²) in [5, 5.41) is 15.3. The van der Waals surface area contributed by atoms with Crippen molar-refractivity contribution >= 4 is 15.9 Å². The van der Waals surface area contributed by atoms with Gasteiger partial charge < -0.3 is 10.1 Å². The lowest BCUT2D eigenvalue weighted by Gasteiger charge is -2.14. The predicted octanol–water partition coefficient (Wildman–Crippen LogP) is 2.03. The molecule has 0 aliphatic rings. The number of aryl methyl sites for hydroxylation is 1. The molecule has 0 spiro atoms. The van der Waals surface area contributed by atoms with Crippen LogP contribution in [-0.2, 0) is 4.74 Å². The molecule has 2 rings (SSSR count). The average molecular weight is 340 g/mol. The smallest absolute Gasteiger partial charge is 0.173 e. The summed E-state index contributed by atoms with van der Waals surface area (Å²) in [5.41, 5.74) is 2.08. The van der Waals surface area contributed by atoms with Gasteiger partial charge in [-0.25, -0.2) is 0 Å². The van der Waals surface area contributed by atoms with E-state index in [2.05, 4.69) is 36.8 Å². The number of rotatable bonds is 6. The van der Waals surface area contributed by atoms with Crippen molar-refractivity contribution in [2.75, 3.05) is 20.3 Å². The van der Waals surface area contributed by atoms with Crippen LogP contribution in [0.4, 0.5) is 0 Å². The van der Waals surface area contributed by atoms with E-state index < -0.39 is 0 Å². The quantitative estimate of drug-likeness (QED) is 0.815. The molecule has 0 bridgehead atoms. The summed E-state index contributed by atoms with van der Waals surface area (Å²) in [6.07, 6.45) is 0. The largest absolute Gasteiger partial charge is 0.383 e. The van der Waals surface area contributed by atoms with Crippen molar-refractivity contribution < 1.29 is 4.74 Å². The van der Waals surface area contributed by atoms with E-state index in [0.29, 0.717) is 6.61 Å². The maximum Gasteiger partial charge on any atom is 0.173 e. The van der Waals surface area contributed by atoms with E-state index in [0.717, 1.165) is 28.1 Å². The zero-order chi connectivity index (χ0) is 14.5. The van der Waals surface area contributed by atoms with Crippen molar-refractivity contribution in [2.24, 2.45) is 0 Å². The lowest BCUT2D eigenvalue weighted by Crippen LogP contribution is -2.25. The highest BCUT2D eigenvalue weighted by Gasteiger charge is 2.17. The lowest BCUT2D eigenvalue weighted by atomic mass is 10.2. The molecule has 6 nitrogen and oxygen atoms in total. The number of aromatic nitrogens is 4. The molecule has 0 amide bonds. The first-order valence-corrected chi connectivity index (χ1v) is 7.20. The van der Waals surface area contributed by atoms with Crippen LogP contribution < -0.4 is 5.32 Å². The van der Waals surface area contributed by atoms with Crippen molar-refractivity contribution in [3.63, 3.8) is 0 Å². The molecule has 0 saturated carbocycles. The van der Waals surface area contributed by atoms with E-state index in [4.69, 9.17) is 4.74 Å². The molecule has 0 saturated heterocycles. The minimum Gasteiger partial charge on any atom is -0.383 e. The molecule has 20 heavy (non-hydrogen) atoms. The van der Waals surface area contributed by atoms with Gasteiger partial charge in [-0.15, -0.1) is 5.10 Å². The minimum atomic E-state index is 0.0348. The Hall–Kier alpha value is -1.31. The molecule has 1 N–H and O–H groups in total. The molecule has 0 aliphatic carbocycles. The molecule has 0 aliphatic heterocycles. The maximum absolute atomic E-state index is 5.03. The normalized spacial score (nSPS) is 12.6. The van der Waals surface area contributed by atoms with Gasteiger partial charge in [0.1, 0.15) is 0 Å². The first-order valence-electron chi connectivity index (χ1n) is 6.41. The number of hydrogen-bond donors (Lipinski definition) is 1. The second-order valence-corrected chi connectivity index (χ2v) is 5.32. The highest BCUT2D eigenvalue weighted by molar-refractivity contribution is 9.10. The van der Waals surface area contributed by atoms with E-state index in [1.54, 1.807) is 11.8 Å². The summed E-state index contributed by atoms with van der Waals surface area (Å²) in [6.45, 7) is 5.47. The second-order valence-electron chi connectivity index (χ2n) is 4.53. The molecule has 0 radical (unpaired) electrons. The van der Waals surface area contributed by atoms with Crippen molar-refractivity contribution in [2.45, 2.75) is 19.9 Å². The number of benzene rings is 1. The van der Waals surface area contributed by atoms with E-state index in [-0.39, 0.29) is 6.04 Å². The second kappa shape index (κ2) is 6.92. The summed E-state index contributed by atoms with van der Waals surface area (Å²) in [5.74, 6) is 0.771. The van der Waals surface area contributed by atoms with Gasteiger partial charge >= 0.3 is 0 Å². The lowest BCUT2D eigenvalue weighted by molar-refractivity contribution is 0.196. The number of halogens is 1. The first-order chi connectivity index (χ1) is 9.65. The predicted molar refractivity (Wildman–Crippen MR) is 79.9 cm³/mol. The van der Waals surface area contributed by atoms with Crippen molar-refractivity contribution in [1.29, 1.82) is 0 Å². The zero-order valence-electron chi connectivity index (χ0n) is 11.8. The maximum atomic E-state index is 5.03. The summed E-state index contributed by atoms with van der Waals surface area (Å²) in [4.78, 5) is 0. The number of tetrazole rings is 1. The van der Waals surface area contributed by atoms with Crippen LogP contribution in [0.15, 0.2) is 22.7 Å². The van der Waals surface area contributed by atoms with Gasteiger partial charge in [0, 0.05) is 18.1 Å². The van der Waals surface area contributed by atoms with Crippen LogP contribution >= 0.6 is 15.9 Å². The third-order valence-corrected chi connectivity index (χ3v) is 4.07. The molecule has 108 valence electrons. The third kappa shape index (κ3) is 3.23. The summed E-state index contributed by atoms with van der Waals surface area (Å²) in [6, 6.07) is 6.05. The zero-order valence-corrected chi connectivity index (χ0v) is 13.4. The SMILES string of the molecule is COCCNC(C)c1nnnn1-c1cccc(C)c1Br. The van der Waals surface area contributed by atoms with E-state index in [1.807, 2.05) is 32.0 Å². The average Bonchev–Trinajstić information content (AvgIpc) is 2.91. The van der Waals surface area contributed by atoms with Crippen LogP contribution in [0.25, 0.3) is 5.69 Å². The van der Waals surface area contributed by atoms with Gasteiger partial charge in [0.15, 0.2) is 5.82 Å². The van der Waals surface area contributed by atoms with Gasteiger partial charge in [-0.1, -0.05) is 12.1 Å². The van der Waals surface area contributed by atoms with Gasteiger partial charge in [0.25, 0.3) is 0 Å². The number of nitrogens with one attached hydrogen (secondary N) is 1. The number of methoxy groups -OCH3 is 1. The molecule has 1 atom stereocenters. The standard InChI is InChI=1S/C13H18BrN5O/c1-9-5-4-6-11(12(9)14)19-13(16-17-18-19)10(2)15-7-8-20-3/h4-6,10,15H,7-8H2,1-3H3. The van der Waals surface area contributed by atoms with Crippen LogP contribution in [0.3, 0.4) is 0 Å². The number of ether oxygens (including phenoxy) is 1. The van der Waals surface area contributed by atoms with Gasteiger partial charge in [-0.2, -0.15) is 4.68 Å². The topological polar surface area (TPSA) is 64.9 Å². The fourth-order valence-corrected chi connectivity index (χ4v) is 2.33. The van der Waals surface area contributed by atoms with Crippen molar-refractivity contribution in [1.82, 2.24) is 25.5 Å². The van der Waals surface area contributed by atoms with Gasteiger partial charge in [0.05, 0.1) is 18.3 Å². The molecular formula is C13H18BrN5O. The highest BCUT2D eigenvalue weighted by Crippen LogP contribution is 2.25. The Balaban J connectivity index is 2.26. The Bertz CT molecular complexity index is 572.